The van der Waals surface area contributed by atoms with Crippen LogP contribution in [0.2, 0.25) is 0 Å². The number of hydrogen-bond acceptors (Lipinski definition) is 5. The maximum atomic E-state index is 4.97. The van der Waals surface area contributed by atoms with Gasteiger partial charge in [-0.15, -0.1) is 0 Å². The summed E-state index contributed by atoms with van der Waals surface area (Å²) >= 11 is 0. The predicted molar refractivity (Wildman–Crippen MR) is 97.6 cm³/mol. The monoisotopic (exact) mass is 332 g/mol. The molecule has 25 heavy (non-hydrogen) atoms. The van der Waals surface area contributed by atoms with Crippen molar-refractivity contribution in [2.75, 3.05) is 18.4 Å². The number of nitrogens with zero attached hydrogens (tertiary/aromatic N) is 3. The van der Waals surface area contributed by atoms with E-state index >= 15 is 0 Å². The largest absolute Gasteiger partial charge is 0.341 e. The summed E-state index contributed by atoms with van der Waals surface area (Å²) in [5.41, 5.74) is 5.11. The van der Waals surface area contributed by atoms with E-state index in [9.17, 15) is 0 Å². The summed E-state index contributed by atoms with van der Waals surface area (Å²) in [6.07, 6.45) is 8.89. The molecule has 1 fully saturated rings. The third kappa shape index (κ3) is 2.59. The van der Waals surface area contributed by atoms with Gasteiger partial charge in [0.25, 0.3) is 0 Å². The highest BCUT2D eigenvalue weighted by atomic mass is 15.0. The van der Waals surface area contributed by atoms with Gasteiger partial charge in [-0.3, -0.25) is 4.98 Å². The summed E-state index contributed by atoms with van der Waals surface area (Å²) in [5.74, 6) is 2.59. The van der Waals surface area contributed by atoms with E-state index in [-0.39, 0.29) is 0 Å². The summed E-state index contributed by atoms with van der Waals surface area (Å²) < 4.78 is 0. The number of H-pyrrole nitrogens is 1. The zero-order valence-electron chi connectivity index (χ0n) is 13.9. The van der Waals surface area contributed by atoms with Crippen LogP contribution in [0.4, 0.5) is 11.5 Å². The molecule has 0 atom stereocenters. The number of imidazole rings is 1. The average molecular weight is 332 g/mol. The van der Waals surface area contributed by atoms with Gasteiger partial charge >= 0.3 is 0 Å². The molecule has 0 amide bonds. The van der Waals surface area contributed by atoms with Crippen LogP contribution in [0.5, 0.6) is 0 Å². The van der Waals surface area contributed by atoms with Crippen molar-refractivity contribution in [2.45, 2.75) is 19.3 Å². The molecule has 1 saturated heterocycles. The van der Waals surface area contributed by atoms with E-state index in [2.05, 4.69) is 31.7 Å². The van der Waals surface area contributed by atoms with Gasteiger partial charge in [-0.05, 0) is 50.0 Å². The molecule has 2 aliphatic rings. The fourth-order valence-corrected chi connectivity index (χ4v) is 3.80. The number of anilines is 2. The number of aromatic nitrogens is 4. The van der Waals surface area contributed by atoms with Gasteiger partial charge < -0.3 is 15.6 Å². The first-order valence-corrected chi connectivity index (χ1v) is 8.85. The molecule has 5 rings (SSSR count). The molecular formula is C19H20N6. The molecule has 0 aliphatic carbocycles. The first-order chi connectivity index (χ1) is 12.4. The minimum Gasteiger partial charge on any atom is -0.341 e. The fourth-order valence-electron chi connectivity index (χ4n) is 3.80. The molecule has 6 nitrogen and oxygen atoms in total. The summed E-state index contributed by atoms with van der Waals surface area (Å²) in [7, 11) is 0. The number of hydrogen-bond donors (Lipinski definition) is 3. The Balaban J connectivity index is 1.62. The predicted octanol–water partition coefficient (Wildman–Crippen LogP) is 3.13. The van der Waals surface area contributed by atoms with Crippen molar-refractivity contribution in [2.24, 2.45) is 5.92 Å². The molecule has 0 unspecified atom stereocenters. The standard InChI is InChI=1S/C19H20N6/c1-2-14-18-17(24-16(25-18)10-12-3-7-20-8-4-12)13-5-9-21-11-15(13)23-19(14)22-6-1/h1-2,5-6,9,11-12,20H,3-4,7-8,10H2,(H,22,23)(H,24,25). The van der Waals surface area contributed by atoms with Crippen molar-refractivity contribution in [1.82, 2.24) is 25.3 Å². The highest BCUT2D eigenvalue weighted by molar-refractivity contribution is 5.94. The van der Waals surface area contributed by atoms with Crippen molar-refractivity contribution in [3.63, 3.8) is 0 Å². The number of piperidine rings is 1. The first-order valence-electron chi connectivity index (χ1n) is 8.85. The SMILES string of the molecule is c1cnc2c(c1)-c1nc(CC3CCNCC3)[nH]c1-c1ccncc1N2. The zero-order chi connectivity index (χ0) is 16.6. The third-order valence-electron chi connectivity index (χ3n) is 5.10. The normalized spacial score (nSPS) is 16.3. The van der Waals surface area contributed by atoms with Gasteiger partial charge in [-0.1, -0.05) is 0 Å². The van der Waals surface area contributed by atoms with Gasteiger partial charge in [0.2, 0.25) is 0 Å². The molecule has 0 saturated carbocycles. The quantitative estimate of drug-likeness (QED) is 0.526. The van der Waals surface area contributed by atoms with Crippen LogP contribution in [-0.2, 0) is 6.42 Å². The second-order valence-electron chi connectivity index (χ2n) is 6.75. The van der Waals surface area contributed by atoms with Gasteiger partial charge in [0.05, 0.1) is 17.6 Å². The van der Waals surface area contributed by atoms with E-state index < -0.39 is 0 Å². The van der Waals surface area contributed by atoms with E-state index in [4.69, 9.17) is 4.98 Å². The Kier molecular flexibility index (Phi) is 3.48. The second kappa shape index (κ2) is 5.97. The lowest BCUT2D eigenvalue weighted by Gasteiger charge is -2.21. The number of aromatic amines is 1. The Bertz CT molecular complexity index is 847. The van der Waals surface area contributed by atoms with E-state index in [0.717, 1.165) is 59.4 Å². The smallest absolute Gasteiger partial charge is 0.139 e. The molecular weight excluding hydrogens is 312 g/mol. The van der Waals surface area contributed by atoms with Crippen LogP contribution in [0.3, 0.4) is 0 Å². The Labute approximate surface area is 146 Å². The third-order valence-corrected chi connectivity index (χ3v) is 5.10. The Morgan fingerprint density at radius 3 is 2.92 bits per heavy atom. The lowest BCUT2D eigenvalue weighted by molar-refractivity contribution is 0.368. The molecule has 5 heterocycles. The van der Waals surface area contributed by atoms with Crippen LogP contribution in [0.15, 0.2) is 36.8 Å². The first kappa shape index (κ1) is 14.6. The summed E-state index contributed by atoms with van der Waals surface area (Å²) in [6, 6.07) is 6.06. The van der Waals surface area contributed by atoms with E-state index in [1.807, 2.05) is 24.5 Å². The van der Waals surface area contributed by atoms with Gasteiger partial charge in [0.15, 0.2) is 0 Å². The molecule has 0 radical (unpaired) electrons. The fraction of sp³-hybridized carbons (Fsp3) is 0.316. The van der Waals surface area contributed by atoms with E-state index in [1.54, 1.807) is 6.20 Å². The van der Waals surface area contributed by atoms with Crippen molar-refractivity contribution in [3.8, 4) is 22.5 Å². The molecule has 3 N–H and O–H groups in total. The van der Waals surface area contributed by atoms with Crippen LogP contribution in [0.25, 0.3) is 22.5 Å². The maximum absolute atomic E-state index is 4.97. The molecule has 0 spiro atoms. The van der Waals surface area contributed by atoms with Crippen LogP contribution >= 0.6 is 0 Å². The minimum absolute atomic E-state index is 0.694. The Morgan fingerprint density at radius 2 is 2.00 bits per heavy atom. The second-order valence-corrected chi connectivity index (χ2v) is 6.75. The average Bonchev–Trinajstić information content (AvgIpc) is 3.01. The van der Waals surface area contributed by atoms with Gasteiger partial charge in [0, 0.05) is 29.9 Å². The van der Waals surface area contributed by atoms with E-state index in [0.29, 0.717) is 5.92 Å². The van der Waals surface area contributed by atoms with E-state index in [1.165, 1.54) is 12.8 Å². The van der Waals surface area contributed by atoms with Crippen molar-refractivity contribution < 1.29 is 0 Å². The van der Waals surface area contributed by atoms with Crippen molar-refractivity contribution in [3.05, 3.63) is 42.6 Å². The molecule has 0 aromatic carbocycles. The van der Waals surface area contributed by atoms with Crippen molar-refractivity contribution in [1.29, 1.82) is 0 Å². The molecule has 6 heteroatoms. The highest BCUT2D eigenvalue weighted by Gasteiger charge is 2.24. The molecule has 2 aliphatic heterocycles. The molecule has 0 bridgehead atoms. The number of pyridine rings is 2. The minimum atomic E-state index is 0.694. The van der Waals surface area contributed by atoms with Crippen LogP contribution in [-0.4, -0.2) is 33.0 Å². The zero-order valence-corrected chi connectivity index (χ0v) is 13.9. The topological polar surface area (TPSA) is 78.5 Å². The van der Waals surface area contributed by atoms with Gasteiger partial charge in [0.1, 0.15) is 17.3 Å². The lowest BCUT2D eigenvalue weighted by atomic mass is 9.94. The highest BCUT2D eigenvalue weighted by Crippen LogP contribution is 2.41. The van der Waals surface area contributed by atoms with Crippen LogP contribution in [0, 0.1) is 5.92 Å². The summed E-state index contributed by atoms with van der Waals surface area (Å²) in [4.78, 5) is 17.3. The van der Waals surface area contributed by atoms with Gasteiger partial charge in [-0.25, -0.2) is 9.97 Å². The number of nitrogens with one attached hydrogen (secondary N) is 3. The summed E-state index contributed by atoms with van der Waals surface area (Å²) in [6.45, 7) is 2.21. The van der Waals surface area contributed by atoms with Crippen LogP contribution in [0.1, 0.15) is 18.7 Å². The molecule has 126 valence electrons. The Hall–Kier alpha value is -2.73. The van der Waals surface area contributed by atoms with Crippen molar-refractivity contribution >= 4 is 11.5 Å². The summed E-state index contributed by atoms with van der Waals surface area (Å²) in [5, 5.41) is 6.82. The Morgan fingerprint density at radius 1 is 1.08 bits per heavy atom. The molecule has 3 aromatic rings. The number of fused-ring (bicyclic) bond motifs is 5. The number of rotatable bonds is 2. The maximum Gasteiger partial charge on any atom is 0.139 e. The van der Waals surface area contributed by atoms with Crippen LogP contribution < -0.4 is 10.6 Å². The molecule has 3 aromatic heterocycles. The lowest BCUT2D eigenvalue weighted by Crippen LogP contribution is -2.28. The van der Waals surface area contributed by atoms with Gasteiger partial charge in [-0.2, -0.15) is 0 Å².